The Labute approximate surface area is 164 Å². The Morgan fingerprint density at radius 1 is 0.750 bits per heavy atom. The van der Waals surface area contributed by atoms with Gasteiger partial charge in [0.15, 0.2) is 10.7 Å². The van der Waals surface area contributed by atoms with Gasteiger partial charge in [0, 0.05) is 11.1 Å². The first-order valence-electron chi connectivity index (χ1n) is 8.58. The lowest BCUT2D eigenvalue weighted by atomic mass is 10.0. The summed E-state index contributed by atoms with van der Waals surface area (Å²) in [5, 5.41) is 8.99. The van der Waals surface area contributed by atoms with Crippen LogP contribution in [-0.2, 0) is 0 Å². The van der Waals surface area contributed by atoms with E-state index in [2.05, 4.69) is 21.2 Å². The van der Waals surface area contributed by atoms with Gasteiger partial charge in [0.25, 0.3) is 0 Å². The molecule has 5 aromatic rings. The first-order valence-corrected chi connectivity index (χ1v) is 9.40. The molecule has 0 aliphatic heterocycles. The maximum absolute atomic E-state index is 5.70. The van der Waals surface area contributed by atoms with Gasteiger partial charge in [0.1, 0.15) is 11.2 Å². The standard InChI is InChI=1S/C21H13N6S/c22-21-27-26-20(28-21)16-12-11-15-19(24-16)25-18(14-9-5-2-6-10-14)17(23-15)13-7-3-1-4-8-13/h1,3-12H,(H2,22,27). The first kappa shape index (κ1) is 16.5. The van der Waals surface area contributed by atoms with E-state index in [4.69, 9.17) is 15.7 Å². The highest BCUT2D eigenvalue weighted by atomic mass is 32.1. The third-order valence-corrected chi connectivity index (χ3v) is 5.00. The zero-order chi connectivity index (χ0) is 18.9. The van der Waals surface area contributed by atoms with Crippen molar-refractivity contribution in [3.63, 3.8) is 0 Å². The number of anilines is 1. The summed E-state index contributed by atoms with van der Waals surface area (Å²) in [7, 11) is 0. The van der Waals surface area contributed by atoms with Crippen molar-refractivity contribution in [1.82, 2.24) is 25.1 Å². The fourth-order valence-electron chi connectivity index (χ4n) is 2.94. The second kappa shape index (κ2) is 6.79. The fraction of sp³-hybridized carbons (Fsp3) is 0. The molecule has 0 unspecified atom stereocenters. The number of nitrogens with two attached hydrogens (primary N) is 1. The van der Waals surface area contributed by atoms with Crippen molar-refractivity contribution < 1.29 is 0 Å². The Hall–Kier alpha value is -3.71. The van der Waals surface area contributed by atoms with E-state index in [-0.39, 0.29) is 0 Å². The molecule has 0 atom stereocenters. The number of pyridine rings is 1. The Balaban J connectivity index is 1.75. The third kappa shape index (κ3) is 2.97. The number of hydrogen-bond acceptors (Lipinski definition) is 7. The number of hydrogen-bond donors (Lipinski definition) is 1. The molecule has 0 saturated heterocycles. The number of aromatic nitrogens is 5. The van der Waals surface area contributed by atoms with Gasteiger partial charge in [0.05, 0.1) is 11.4 Å². The Kier molecular flexibility index (Phi) is 3.99. The van der Waals surface area contributed by atoms with Gasteiger partial charge in [-0.2, -0.15) is 0 Å². The number of nitrogen functional groups attached to an aromatic ring is 1. The van der Waals surface area contributed by atoms with Crippen LogP contribution in [0.15, 0.2) is 66.7 Å². The van der Waals surface area contributed by atoms with Gasteiger partial charge in [-0.1, -0.05) is 65.9 Å². The SMILES string of the molecule is Nc1nnc(-c2ccc3nc(-c4ccccc4)c(-c4cc[c]cc4)nc3n2)s1. The molecule has 7 heteroatoms. The lowest BCUT2D eigenvalue weighted by Gasteiger charge is -2.10. The second-order valence-corrected chi connectivity index (χ2v) is 7.07. The molecule has 133 valence electrons. The van der Waals surface area contributed by atoms with Gasteiger partial charge < -0.3 is 5.73 Å². The number of rotatable bonds is 3. The van der Waals surface area contributed by atoms with Gasteiger partial charge in [-0.3, -0.25) is 0 Å². The molecule has 0 aliphatic rings. The summed E-state index contributed by atoms with van der Waals surface area (Å²) in [6.07, 6.45) is 0. The van der Waals surface area contributed by atoms with Crippen LogP contribution in [0.25, 0.3) is 44.4 Å². The molecule has 0 fully saturated rings. The molecule has 5 rings (SSSR count). The molecule has 2 aromatic carbocycles. The lowest BCUT2D eigenvalue weighted by molar-refractivity contribution is 1.09. The second-order valence-electron chi connectivity index (χ2n) is 6.06. The van der Waals surface area contributed by atoms with Gasteiger partial charge in [-0.05, 0) is 18.2 Å². The van der Waals surface area contributed by atoms with Crippen molar-refractivity contribution in [3.8, 4) is 33.2 Å². The average molecular weight is 381 g/mol. The van der Waals surface area contributed by atoms with E-state index in [0.29, 0.717) is 27.0 Å². The van der Waals surface area contributed by atoms with Crippen molar-refractivity contribution in [2.24, 2.45) is 0 Å². The molecule has 0 spiro atoms. The molecule has 1 radical (unpaired) electrons. The van der Waals surface area contributed by atoms with Crippen molar-refractivity contribution in [1.29, 1.82) is 0 Å². The highest BCUT2D eigenvalue weighted by Crippen LogP contribution is 2.31. The largest absolute Gasteiger partial charge is 0.374 e. The maximum atomic E-state index is 5.70. The highest BCUT2D eigenvalue weighted by Gasteiger charge is 2.15. The van der Waals surface area contributed by atoms with Crippen LogP contribution < -0.4 is 5.73 Å². The number of benzene rings is 2. The minimum atomic E-state index is 0.406. The van der Waals surface area contributed by atoms with Crippen LogP contribution in [0.2, 0.25) is 0 Å². The van der Waals surface area contributed by atoms with Crippen LogP contribution in [-0.4, -0.2) is 25.1 Å². The van der Waals surface area contributed by atoms with E-state index in [9.17, 15) is 0 Å². The molecule has 3 aromatic heterocycles. The van der Waals surface area contributed by atoms with E-state index >= 15 is 0 Å². The van der Waals surface area contributed by atoms with E-state index in [1.807, 2.05) is 66.7 Å². The molecule has 3 heterocycles. The predicted molar refractivity (Wildman–Crippen MR) is 110 cm³/mol. The smallest absolute Gasteiger partial charge is 0.203 e. The monoisotopic (exact) mass is 381 g/mol. The van der Waals surface area contributed by atoms with Crippen LogP contribution in [0.3, 0.4) is 0 Å². The van der Waals surface area contributed by atoms with Crippen molar-refractivity contribution in [2.45, 2.75) is 0 Å². The summed E-state index contributed by atoms with van der Waals surface area (Å²) in [6, 6.07) is 24.5. The molecular weight excluding hydrogens is 368 g/mol. The summed E-state index contributed by atoms with van der Waals surface area (Å²) in [5.74, 6) is 0. The topological polar surface area (TPSA) is 90.5 Å². The average Bonchev–Trinajstić information content (AvgIpc) is 3.20. The van der Waals surface area contributed by atoms with Gasteiger partial charge in [-0.25, -0.2) is 15.0 Å². The van der Waals surface area contributed by atoms with Crippen LogP contribution in [0.4, 0.5) is 5.13 Å². The minimum absolute atomic E-state index is 0.406. The van der Waals surface area contributed by atoms with Crippen LogP contribution in [0.1, 0.15) is 0 Å². The van der Waals surface area contributed by atoms with E-state index < -0.39 is 0 Å². The van der Waals surface area contributed by atoms with Crippen LogP contribution >= 0.6 is 11.3 Å². The molecule has 28 heavy (non-hydrogen) atoms. The van der Waals surface area contributed by atoms with E-state index in [1.165, 1.54) is 11.3 Å². The lowest BCUT2D eigenvalue weighted by Crippen LogP contribution is -1.97. The summed E-state index contributed by atoms with van der Waals surface area (Å²) in [5.41, 5.74) is 11.2. The summed E-state index contributed by atoms with van der Waals surface area (Å²) < 4.78 is 0. The van der Waals surface area contributed by atoms with E-state index in [0.717, 1.165) is 22.5 Å². The molecule has 6 nitrogen and oxygen atoms in total. The number of nitrogens with zero attached hydrogens (tertiary/aromatic N) is 5. The van der Waals surface area contributed by atoms with Crippen LogP contribution in [0.5, 0.6) is 0 Å². The zero-order valence-electron chi connectivity index (χ0n) is 14.6. The predicted octanol–water partition coefficient (Wildman–Crippen LogP) is 4.26. The zero-order valence-corrected chi connectivity index (χ0v) is 15.4. The highest BCUT2D eigenvalue weighted by molar-refractivity contribution is 7.18. The van der Waals surface area contributed by atoms with Gasteiger partial charge in [-0.15, -0.1) is 10.2 Å². The summed E-state index contributed by atoms with van der Waals surface area (Å²) in [6.45, 7) is 0. The quantitative estimate of drug-likeness (QED) is 0.502. The Morgan fingerprint density at radius 2 is 1.50 bits per heavy atom. The molecule has 0 amide bonds. The van der Waals surface area contributed by atoms with E-state index in [1.54, 1.807) is 0 Å². The summed E-state index contributed by atoms with van der Waals surface area (Å²) in [4.78, 5) is 14.4. The van der Waals surface area contributed by atoms with Crippen LogP contribution in [0, 0.1) is 6.07 Å². The molecule has 0 saturated carbocycles. The maximum Gasteiger partial charge on any atom is 0.203 e. The van der Waals surface area contributed by atoms with Crippen molar-refractivity contribution >= 4 is 27.6 Å². The Bertz CT molecular complexity index is 1270. The fourth-order valence-corrected chi connectivity index (χ4v) is 3.52. The molecule has 0 bridgehead atoms. The molecule has 2 N–H and O–H groups in total. The van der Waals surface area contributed by atoms with Gasteiger partial charge in [0.2, 0.25) is 5.13 Å². The Morgan fingerprint density at radius 3 is 2.25 bits per heavy atom. The minimum Gasteiger partial charge on any atom is -0.374 e. The normalized spacial score (nSPS) is 11.0. The summed E-state index contributed by atoms with van der Waals surface area (Å²) >= 11 is 1.29. The third-order valence-electron chi connectivity index (χ3n) is 4.23. The first-order chi connectivity index (χ1) is 13.8. The molecular formula is C21H13N6S. The van der Waals surface area contributed by atoms with Crippen molar-refractivity contribution in [2.75, 3.05) is 5.73 Å². The molecule has 0 aliphatic carbocycles. The van der Waals surface area contributed by atoms with Gasteiger partial charge >= 0.3 is 0 Å². The van der Waals surface area contributed by atoms with Crippen molar-refractivity contribution in [3.05, 3.63) is 72.8 Å². The number of fused-ring (bicyclic) bond motifs is 1.